The van der Waals surface area contributed by atoms with Crippen LogP contribution in [0.2, 0.25) is 0 Å². The fraction of sp³-hybridized carbons (Fsp3) is 0.556. The minimum atomic E-state index is -3.62. The first-order valence-corrected chi connectivity index (χ1v) is 15.0. The highest BCUT2D eigenvalue weighted by Gasteiger charge is 2.29. The molecule has 11 heteroatoms. The Morgan fingerprint density at radius 3 is 2.53 bits per heavy atom. The number of aromatic nitrogens is 1. The lowest BCUT2D eigenvalue weighted by Crippen LogP contribution is -2.45. The lowest BCUT2D eigenvalue weighted by molar-refractivity contribution is -0.125. The Balaban J connectivity index is 0.000000272. The molecule has 3 rings (SSSR count). The van der Waals surface area contributed by atoms with Crippen LogP contribution in [0.1, 0.15) is 71.6 Å². The molecule has 1 aromatic rings. The minimum Gasteiger partial charge on any atom is -0.368 e. The largest absolute Gasteiger partial charge is 0.368 e. The lowest BCUT2D eigenvalue weighted by atomic mass is 9.84. The predicted molar refractivity (Wildman–Crippen MR) is 151 cm³/mol. The average Bonchev–Trinajstić information content (AvgIpc) is 3.14. The van der Waals surface area contributed by atoms with Gasteiger partial charge in [0.2, 0.25) is 5.91 Å². The summed E-state index contributed by atoms with van der Waals surface area (Å²) in [6.07, 6.45) is 13.5. The predicted octanol–water partition coefficient (Wildman–Crippen LogP) is 3.53. The van der Waals surface area contributed by atoms with Crippen LogP contribution in [0.4, 0.5) is 0 Å². The van der Waals surface area contributed by atoms with E-state index in [1.54, 1.807) is 12.1 Å². The van der Waals surface area contributed by atoms with Crippen molar-refractivity contribution in [1.82, 2.24) is 14.6 Å². The van der Waals surface area contributed by atoms with Gasteiger partial charge in [-0.25, -0.2) is 13.4 Å². The zero-order valence-electron chi connectivity index (χ0n) is 22.3. The Kier molecular flexibility index (Phi) is 13.2. The van der Waals surface area contributed by atoms with Gasteiger partial charge in [0.05, 0.1) is 11.4 Å². The number of nitrogens with two attached hydrogens (primary N) is 1. The van der Waals surface area contributed by atoms with E-state index in [4.69, 9.17) is 5.73 Å². The zero-order valence-corrected chi connectivity index (χ0v) is 24.0. The van der Waals surface area contributed by atoms with Gasteiger partial charge in [0.1, 0.15) is 11.8 Å². The Hall–Kier alpha value is -2.50. The number of thiol groups is 1. The highest BCUT2D eigenvalue weighted by atomic mass is 32.2. The van der Waals surface area contributed by atoms with Gasteiger partial charge in [-0.15, -0.1) is 12.6 Å². The van der Waals surface area contributed by atoms with Gasteiger partial charge in [-0.3, -0.25) is 14.4 Å². The van der Waals surface area contributed by atoms with Crippen LogP contribution in [0, 0.1) is 5.92 Å². The van der Waals surface area contributed by atoms with Gasteiger partial charge in [-0.2, -0.15) is 4.31 Å². The number of Topliss-reactive ketones (excluding diaryl/α,β-unsaturated/α-hetero) is 1. The molecule has 1 atom stereocenters. The molecule has 2 fully saturated rings. The third-order valence-corrected chi connectivity index (χ3v) is 8.97. The molecule has 3 N–H and O–H groups in total. The number of allylic oxidation sites excluding steroid dienone is 3. The molecule has 1 saturated carbocycles. The second kappa shape index (κ2) is 15.8. The molecule has 2 aliphatic rings. The molecule has 1 saturated heterocycles. The van der Waals surface area contributed by atoms with Crippen LogP contribution in [-0.2, 0) is 24.4 Å². The first kappa shape index (κ1) is 31.7. The van der Waals surface area contributed by atoms with E-state index in [2.05, 4.69) is 22.9 Å². The maximum absolute atomic E-state index is 12.2. The Labute approximate surface area is 231 Å². The number of carbonyl (C=O) groups excluding carboxylic acids is 3. The van der Waals surface area contributed by atoms with E-state index in [1.165, 1.54) is 35.8 Å². The van der Waals surface area contributed by atoms with Crippen molar-refractivity contribution in [1.29, 1.82) is 0 Å². The highest BCUT2D eigenvalue weighted by Crippen LogP contribution is 2.27. The van der Waals surface area contributed by atoms with Crippen molar-refractivity contribution in [2.75, 3.05) is 13.1 Å². The van der Waals surface area contributed by atoms with Crippen molar-refractivity contribution in [3.63, 3.8) is 0 Å². The maximum Gasteiger partial charge on any atom is 0.260 e. The van der Waals surface area contributed by atoms with Crippen molar-refractivity contribution < 1.29 is 22.8 Å². The minimum absolute atomic E-state index is 0.00898. The summed E-state index contributed by atoms with van der Waals surface area (Å²) in [5.74, 6) is -0.366. The Morgan fingerprint density at radius 1 is 1.21 bits per heavy atom. The van der Waals surface area contributed by atoms with Crippen LogP contribution in [0.15, 0.2) is 52.1 Å². The fourth-order valence-corrected chi connectivity index (χ4v) is 6.07. The molecule has 210 valence electrons. The van der Waals surface area contributed by atoms with Crippen LogP contribution in [-0.4, -0.2) is 54.4 Å². The van der Waals surface area contributed by atoms with Crippen molar-refractivity contribution in [3.05, 3.63) is 47.0 Å². The van der Waals surface area contributed by atoms with Gasteiger partial charge in [-0.05, 0) is 56.7 Å². The summed E-state index contributed by atoms with van der Waals surface area (Å²) in [6.45, 7) is 4.05. The third-order valence-electron chi connectivity index (χ3n) is 6.66. The molecule has 1 aliphatic carbocycles. The summed E-state index contributed by atoms with van der Waals surface area (Å²) in [6, 6.07) is 4.12. The molecule has 9 nitrogen and oxygen atoms in total. The second-order valence-electron chi connectivity index (χ2n) is 9.70. The summed E-state index contributed by atoms with van der Waals surface area (Å²) in [7, 11) is -3.62. The number of rotatable bonds is 8. The van der Waals surface area contributed by atoms with E-state index in [0.717, 1.165) is 31.3 Å². The lowest BCUT2D eigenvalue weighted by Gasteiger charge is -2.25. The van der Waals surface area contributed by atoms with E-state index in [1.807, 2.05) is 26.0 Å². The molecule has 1 aromatic heterocycles. The first-order valence-electron chi connectivity index (χ1n) is 13.1. The van der Waals surface area contributed by atoms with Crippen LogP contribution >= 0.6 is 12.6 Å². The quantitative estimate of drug-likeness (QED) is 0.251. The molecule has 0 radical (unpaired) electrons. The fourth-order valence-electron chi connectivity index (χ4n) is 4.54. The van der Waals surface area contributed by atoms with Crippen molar-refractivity contribution >= 4 is 40.2 Å². The third kappa shape index (κ3) is 9.99. The SMILES string of the molecule is C/C=C\C(C)=C(/S)C(=O)N[C@@H](CC1CCCCC1)C(N)=O.O=C1CCCCN(S(=O)(=O)c2ccccn2)C1. The molecule has 2 amide bonds. The summed E-state index contributed by atoms with van der Waals surface area (Å²) >= 11 is 4.23. The Morgan fingerprint density at radius 2 is 1.92 bits per heavy atom. The molecule has 0 unspecified atom stereocenters. The molecule has 2 heterocycles. The van der Waals surface area contributed by atoms with E-state index in [0.29, 0.717) is 30.2 Å². The number of pyridine rings is 1. The van der Waals surface area contributed by atoms with Crippen LogP contribution in [0.25, 0.3) is 0 Å². The average molecular weight is 565 g/mol. The van der Waals surface area contributed by atoms with Crippen molar-refractivity contribution in [2.24, 2.45) is 11.7 Å². The maximum atomic E-state index is 12.2. The molecule has 0 bridgehead atoms. The van der Waals surface area contributed by atoms with Crippen LogP contribution < -0.4 is 11.1 Å². The first-order chi connectivity index (χ1) is 18.1. The summed E-state index contributed by atoms with van der Waals surface area (Å²) in [5, 5.41) is 2.73. The molecular weight excluding hydrogens is 524 g/mol. The van der Waals surface area contributed by atoms with Gasteiger partial charge >= 0.3 is 0 Å². The number of ketones is 1. The number of primary amides is 1. The Bertz CT molecular complexity index is 1110. The van der Waals surface area contributed by atoms with E-state index < -0.39 is 22.0 Å². The number of hydrogen-bond donors (Lipinski definition) is 3. The van der Waals surface area contributed by atoms with E-state index in [-0.39, 0.29) is 23.3 Å². The molecular formula is C27H40N4O5S2. The molecule has 0 aromatic carbocycles. The van der Waals surface area contributed by atoms with Crippen molar-refractivity contribution in [2.45, 2.75) is 82.7 Å². The summed E-state index contributed by atoms with van der Waals surface area (Å²) in [5.41, 5.74) is 6.19. The van der Waals surface area contributed by atoms with Gasteiger partial charge in [0.25, 0.3) is 15.9 Å². The zero-order chi connectivity index (χ0) is 28.1. The molecule has 0 spiro atoms. The van der Waals surface area contributed by atoms with Gasteiger partial charge in [0.15, 0.2) is 5.03 Å². The highest BCUT2D eigenvalue weighted by molar-refractivity contribution is 7.89. The standard InChI is InChI=1S/C16H26N2O2S.C11H14N2O3S/c1-3-7-11(2)14(21)16(20)18-13(15(17)19)10-12-8-5-4-6-9-12;14-10-5-2-4-8-13(9-10)17(15,16)11-6-1-3-7-12-11/h3,7,12-13,21H,4-6,8-10H2,1-2H3,(H2,17,19)(H,18,20);1,3,6-7H,2,4-5,8-9H2/b7-3-,14-11-;/t13-;/m0./s1. The van der Waals surface area contributed by atoms with E-state index in [9.17, 15) is 22.8 Å². The number of nitrogens with zero attached hydrogens (tertiary/aromatic N) is 2. The summed E-state index contributed by atoms with van der Waals surface area (Å²) in [4.78, 5) is 39.3. The number of nitrogens with one attached hydrogen (secondary N) is 1. The monoisotopic (exact) mass is 564 g/mol. The van der Waals surface area contributed by atoms with Gasteiger partial charge in [-0.1, -0.05) is 50.3 Å². The van der Waals surface area contributed by atoms with E-state index >= 15 is 0 Å². The number of carbonyl (C=O) groups is 3. The number of hydrogen-bond acceptors (Lipinski definition) is 7. The van der Waals surface area contributed by atoms with Crippen LogP contribution in [0.3, 0.4) is 0 Å². The number of amides is 2. The van der Waals surface area contributed by atoms with Crippen LogP contribution in [0.5, 0.6) is 0 Å². The summed E-state index contributed by atoms with van der Waals surface area (Å²) < 4.78 is 25.6. The van der Waals surface area contributed by atoms with Crippen molar-refractivity contribution in [3.8, 4) is 0 Å². The topological polar surface area (TPSA) is 140 Å². The molecule has 1 aliphatic heterocycles. The number of sulfonamides is 1. The molecule has 38 heavy (non-hydrogen) atoms. The van der Waals surface area contributed by atoms with Gasteiger partial charge in [0, 0.05) is 19.2 Å². The smallest absolute Gasteiger partial charge is 0.260 e. The van der Waals surface area contributed by atoms with Gasteiger partial charge < -0.3 is 11.1 Å². The normalized spacial score (nSPS) is 19.1. The second-order valence-corrected chi connectivity index (χ2v) is 12.0.